The Balaban J connectivity index is 2.02. The van der Waals surface area contributed by atoms with Crippen LogP contribution >= 0.6 is 0 Å². The third kappa shape index (κ3) is 4.61. The van der Waals surface area contributed by atoms with E-state index in [0.717, 1.165) is 24.4 Å². The van der Waals surface area contributed by atoms with Crippen molar-refractivity contribution in [2.75, 3.05) is 6.54 Å². The Kier molecular flexibility index (Phi) is 5.84. The average molecular weight is 263 g/mol. The van der Waals surface area contributed by atoms with E-state index < -0.39 is 0 Å². The first-order valence-corrected chi connectivity index (χ1v) is 7.78. The Labute approximate surface area is 116 Å². The number of hydrogen-bond acceptors (Lipinski definition) is 1. The molecule has 1 aromatic rings. The molecule has 1 aliphatic carbocycles. The predicted octanol–water partition coefficient (Wildman–Crippen LogP) is 4.84. The summed E-state index contributed by atoms with van der Waals surface area (Å²) in [4.78, 5) is 0. The minimum absolute atomic E-state index is 0.124. The summed E-state index contributed by atoms with van der Waals surface area (Å²) in [6.07, 6.45) is 9.36. The van der Waals surface area contributed by atoms with E-state index in [9.17, 15) is 4.39 Å². The molecule has 19 heavy (non-hydrogen) atoms. The van der Waals surface area contributed by atoms with E-state index in [1.54, 1.807) is 6.07 Å². The molecule has 1 atom stereocenters. The van der Waals surface area contributed by atoms with Crippen LogP contribution in [0.25, 0.3) is 0 Å². The topological polar surface area (TPSA) is 12.0 Å². The van der Waals surface area contributed by atoms with Crippen LogP contribution in [-0.4, -0.2) is 6.54 Å². The van der Waals surface area contributed by atoms with Gasteiger partial charge in [-0.3, -0.25) is 0 Å². The van der Waals surface area contributed by atoms with Crippen LogP contribution in [0.2, 0.25) is 0 Å². The van der Waals surface area contributed by atoms with Gasteiger partial charge in [0.05, 0.1) is 0 Å². The number of benzene rings is 1. The molecule has 0 amide bonds. The fraction of sp³-hybridized carbons (Fsp3) is 0.647. The van der Waals surface area contributed by atoms with Gasteiger partial charge in [0.25, 0.3) is 0 Å². The van der Waals surface area contributed by atoms with Crippen LogP contribution in [-0.2, 0) is 0 Å². The van der Waals surface area contributed by atoms with Gasteiger partial charge in [-0.2, -0.15) is 0 Å². The molecular formula is C17H26FN. The molecule has 106 valence electrons. The summed E-state index contributed by atoms with van der Waals surface area (Å²) in [6.45, 7) is 3.06. The van der Waals surface area contributed by atoms with Gasteiger partial charge in [0.1, 0.15) is 5.82 Å². The molecule has 0 saturated heterocycles. The molecule has 2 rings (SSSR count). The van der Waals surface area contributed by atoms with Crippen LogP contribution in [0.3, 0.4) is 0 Å². The lowest BCUT2D eigenvalue weighted by Gasteiger charge is -2.24. The molecule has 2 heteroatoms. The van der Waals surface area contributed by atoms with Crippen molar-refractivity contribution in [2.45, 2.75) is 57.9 Å². The van der Waals surface area contributed by atoms with E-state index in [4.69, 9.17) is 0 Å². The van der Waals surface area contributed by atoms with Gasteiger partial charge in [-0.1, -0.05) is 57.6 Å². The Hall–Kier alpha value is -0.890. The van der Waals surface area contributed by atoms with Crippen molar-refractivity contribution < 1.29 is 4.39 Å². The first-order chi connectivity index (χ1) is 9.29. The second kappa shape index (κ2) is 7.64. The van der Waals surface area contributed by atoms with Gasteiger partial charge in [-0.25, -0.2) is 4.39 Å². The van der Waals surface area contributed by atoms with E-state index in [1.165, 1.54) is 44.6 Å². The van der Waals surface area contributed by atoms with Gasteiger partial charge in [-0.15, -0.1) is 0 Å². The highest BCUT2D eigenvalue weighted by Gasteiger charge is 2.19. The van der Waals surface area contributed by atoms with Crippen molar-refractivity contribution in [1.29, 1.82) is 0 Å². The summed E-state index contributed by atoms with van der Waals surface area (Å²) in [7, 11) is 0. The number of nitrogens with one attached hydrogen (secondary N) is 1. The molecule has 0 spiro atoms. The maximum Gasteiger partial charge on any atom is 0.123 e. The molecule has 1 aromatic carbocycles. The quantitative estimate of drug-likeness (QED) is 0.750. The highest BCUT2D eigenvalue weighted by molar-refractivity contribution is 5.20. The molecule has 1 saturated carbocycles. The van der Waals surface area contributed by atoms with Crippen LogP contribution in [0.5, 0.6) is 0 Å². The smallest absolute Gasteiger partial charge is 0.123 e. The van der Waals surface area contributed by atoms with Gasteiger partial charge in [0.2, 0.25) is 0 Å². The maximum absolute atomic E-state index is 13.4. The summed E-state index contributed by atoms with van der Waals surface area (Å²) in [5.74, 6) is 0.677. The van der Waals surface area contributed by atoms with E-state index in [1.807, 2.05) is 12.1 Å². The summed E-state index contributed by atoms with van der Waals surface area (Å²) in [5, 5.41) is 3.53. The average Bonchev–Trinajstić information content (AvgIpc) is 2.67. The zero-order valence-corrected chi connectivity index (χ0v) is 12.0. The molecule has 0 aliphatic heterocycles. The molecule has 1 nitrogen and oxygen atoms in total. The molecule has 0 radical (unpaired) electrons. The van der Waals surface area contributed by atoms with E-state index in [2.05, 4.69) is 12.2 Å². The molecule has 0 aromatic heterocycles. The first kappa shape index (κ1) is 14.5. The summed E-state index contributed by atoms with van der Waals surface area (Å²) in [5.41, 5.74) is 1.10. The molecule has 1 unspecified atom stereocenters. The van der Waals surface area contributed by atoms with Crippen LogP contribution in [0.1, 0.15) is 63.5 Å². The molecule has 0 heterocycles. The number of halogens is 1. The zero-order valence-electron chi connectivity index (χ0n) is 12.0. The second-order valence-electron chi connectivity index (χ2n) is 5.76. The molecule has 1 fully saturated rings. The third-order valence-electron chi connectivity index (χ3n) is 4.25. The largest absolute Gasteiger partial charge is 0.310 e. The van der Waals surface area contributed by atoms with Crippen LogP contribution in [0, 0.1) is 11.7 Å². The maximum atomic E-state index is 13.4. The third-order valence-corrected chi connectivity index (χ3v) is 4.25. The molecular weight excluding hydrogens is 237 g/mol. The van der Waals surface area contributed by atoms with Crippen molar-refractivity contribution in [3.8, 4) is 0 Å². The molecule has 1 aliphatic rings. The van der Waals surface area contributed by atoms with Crippen LogP contribution in [0.4, 0.5) is 4.39 Å². The van der Waals surface area contributed by atoms with Gasteiger partial charge in [0.15, 0.2) is 0 Å². The fourth-order valence-corrected chi connectivity index (χ4v) is 3.24. The normalized spacial score (nSPS) is 19.1. The Morgan fingerprint density at radius 3 is 2.58 bits per heavy atom. The summed E-state index contributed by atoms with van der Waals surface area (Å²) in [6, 6.07) is 7.39. The van der Waals surface area contributed by atoms with Gasteiger partial charge < -0.3 is 5.32 Å². The van der Waals surface area contributed by atoms with Crippen LogP contribution in [0.15, 0.2) is 24.3 Å². The second-order valence-corrected chi connectivity index (χ2v) is 5.76. The highest BCUT2D eigenvalue weighted by atomic mass is 19.1. The minimum Gasteiger partial charge on any atom is -0.310 e. The van der Waals surface area contributed by atoms with E-state index in [0.29, 0.717) is 6.04 Å². The lowest BCUT2D eigenvalue weighted by Crippen LogP contribution is -2.23. The Morgan fingerprint density at radius 2 is 1.95 bits per heavy atom. The van der Waals surface area contributed by atoms with E-state index in [-0.39, 0.29) is 5.82 Å². The lowest BCUT2D eigenvalue weighted by atomic mass is 9.89. The van der Waals surface area contributed by atoms with Crippen molar-refractivity contribution in [3.05, 3.63) is 35.6 Å². The SMILES string of the molecule is CCNC(CC1CCCCCC1)c1cccc(F)c1. The molecule has 0 bridgehead atoms. The Bertz CT molecular complexity index is 369. The van der Waals surface area contributed by atoms with Gasteiger partial charge in [0, 0.05) is 6.04 Å². The van der Waals surface area contributed by atoms with Crippen LogP contribution < -0.4 is 5.32 Å². The molecule has 1 N–H and O–H groups in total. The van der Waals surface area contributed by atoms with Gasteiger partial charge in [-0.05, 0) is 36.6 Å². The monoisotopic (exact) mass is 263 g/mol. The summed E-state index contributed by atoms with van der Waals surface area (Å²) < 4.78 is 13.4. The summed E-state index contributed by atoms with van der Waals surface area (Å²) >= 11 is 0. The number of rotatable bonds is 5. The minimum atomic E-state index is -0.124. The van der Waals surface area contributed by atoms with Gasteiger partial charge >= 0.3 is 0 Å². The zero-order chi connectivity index (χ0) is 13.5. The van der Waals surface area contributed by atoms with Crippen molar-refractivity contribution in [1.82, 2.24) is 5.32 Å². The van der Waals surface area contributed by atoms with E-state index >= 15 is 0 Å². The Morgan fingerprint density at radius 1 is 1.21 bits per heavy atom. The lowest BCUT2D eigenvalue weighted by molar-refractivity contribution is 0.359. The predicted molar refractivity (Wildman–Crippen MR) is 78.6 cm³/mol. The van der Waals surface area contributed by atoms with Crippen molar-refractivity contribution in [2.24, 2.45) is 5.92 Å². The standard InChI is InChI=1S/C17H26FN/c1-2-19-17(15-10-7-11-16(18)13-15)12-14-8-5-3-4-6-9-14/h7,10-11,13-14,17,19H,2-6,8-9,12H2,1H3. The fourth-order valence-electron chi connectivity index (χ4n) is 3.24. The van der Waals surface area contributed by atoms with Crippen molar-refractivity contribution >= 4 is 0 Å². The highest BCUT2D eigenvalue weighted by Crippen LogP contribution is 2.31. The number of hydrogen-bond donors (Lipinski definition) is 1. The van der Waals surface area contributed by atoms with Crippen molar-refractivity contribution in [3.63, 3.8) is 0 Å². The first-order valence-electron chi connectivity index (χ1n) is 7.78.